The molecule has 0 aliphatic carbocycles. The van der Waals surface area contributed by atoms with Crippen LogP contribution in [0.1, 0.15) is 21.2 Å². The number of benzene rings is 4. The third kappa shape index (κ3) is 5.62. The number of anilines is 2. The quantitative estimate of drug-likeness (QED) is 0.243. The molecule has 0 spiro atoms. The Hall–Kier alpha value is -4.42. The average Bonchev–Trinajstić information content (AvgIpc) is 2.92. The SMILES string of the molecule is O=C(Nc1cccc(SC(C(=O)Nc2ccccn2)c2ccccc2)c1)c1ccc2ccccc2c1. The molecule has 0 saturated carbocycles. The van der Waals surface area contributed by atoms with E-state index in [0.29, 0.717) is 17.1 Å². The summed E-state index contributed by atoms with van der Waals surface area (Å²) >= 11 is 1.42. The molecule has 6 heteroatoms. The molecule has 0 bridgehead atoms. The lowest BCUT2D eigenvalue weighted by molar-refractivity contribution is -0.115. The summed E-state index contributed by atoms with van der Waals surface area (Å²) in [6.45, 7) is 0. The van der Waals surface area contributed by atoms with E-state index >= 15 is 0 Å². The van der Waals surface area contributed by atoms with Crippen LogP contribution in [0.3, 0.4) is 0 Å². The van der Waals surface area contributed by atoms with Gasteiger partial charge in [-0.2, -0.15) is 0 Å². The number of thioether (sulfide) groups is 1. The summed E-state index contributed by atoms with van der Waals surface area (Å²) in [4.78, 5) is 31.2. The Balaban J connectivity index is 1.35. The maximum absolute atomic E-state index is 13.2. The minimum atomic E-state index is -0.500. The predicted molar refractivity (Wildman–Crippen MR) is 146 cm³/mol. The summed E-state index contributed by atoms with van der Waals surface area (Å²) in [6.07, 6.45) is 1.64. The van der Waals surface area contributed by atoms with Crippen molar-refractivity contribution >= 4 is 45.9 Å². The normalized spacial score (nSPS) is 11.6. The topological polar surface area (TPSA) is 71.1 Å². The number of carbonyl (C=O) groups excluding carboxylic acids is 2. The van der Waals surface area contributed by atoms with Crippen LogP contribution >= 0.6 is 11.8 Å². The zero-order valence-corrected chi connectivity index (χ0v) is 20.1. The van der Waals surface area contributed by atoms with Crippen molar-refractivity contribution in [3.63, 3.8) is 0 Å². The van der Waals surface area contributed by atoms with E-state index < -0.39 is 5.25 Å². The summed E-state index contributed by atoms with van der Waals surface area (Å²) in [5.74, 6) is 0.145. The van der Waals surface area contributed by atoms with Crippen LogP contribution in [-0.4, -0.2) is 16.8 Å². The number of fused-ring (bicyclic) bond motifs is 1. The summed E-state index contributed by atoms with van der Waals surface area (Å²) in [6, 6.07) is 36.1. The van der Waals surface area contributed by atoms with Crippen molar-refractivity contribution in [2.24, 2.45) is 0 Å². The van der Waals surface area contributed by atoms with Gasteiger partial charge in [-0.15, -0.1) is 11.8 Å². The van der Waals surface area contributed by atoms with Crippen LogP contribution in [0.5, 0.6) is 0 Å². The highest BCUT2D eigenvalue weighted by molar-refractivity contribution is 8.00. The Kier molecular flexibility index (Phi) is 7.05. The first kappa shape index (κ1) is 23.3. The highest BCUT2D eigenvalue weighted by Gasteiger charge is 2.23. The van der Waals surface area contributed by atoms with Crippen LogP contribution in [0.25, 0.3) is 10.8 Å². The highest BCUT2D eigenvalue weighted by atomic mass is 32.2. The maximum Gasteiger partial charge on any atom is 0.255 e. The van der Waals surface area contributed by atoms with Gasteiger partial charge >= 0.3 is 0 Å². The standard InChI is InChI=1S/C30H23N3O2S/c34-29(24-17-16-21-9-4-5-12-23(21)19-24)32-25-13-8-14-26(20-25)36-28(22-10-2-1-3-11-22)30(35)33-27-15-6-7-18-31-27/h1-20,28H,(H,32,34)(H,31,33,35). The zero-order valence-electron chi connectivity index (χ0n) is 19.3. The molecule has 5 nitrogen and oxygen atoms in total. The Morgan fingerprint density at radius 3 is 2.28 bits per heavy atom. The number of hydrogen-bond acceptors (Lipinski definition) is 4. The molecule has 0 aliphatic heterocycles. The number of hydrogen-bond donors (Lipinski definition) is 2. The predicted octanol–water partition coefficient (Wildman–Crippen LogP) is 6.96. The number of nitrogens with zero attached hydrogens (tertiary/aromatic N) is 1. The molecule has 1 unspecified atom stereocenters. The van der Waals surface area contributed by atoms with Gasteiger partial charge in [0, 0.05) is 22.3 Å². The fourth-order valence-corrected chi connectivity index (χ4v) is 4.93. The van der Waals surface area contributed by atoms with Crippen molar-refractivity contribution in [1.82, 2.24) is 4.98 Å². The van der Waals surface area contributed by atoms with Gasteiger partial charge in [-0.25, -0.2) is 4.98 Å². The van der Waals surface area contributed by atoms with Crippen LogP contribution in [0, 0.1) is 0 Å². The second kappa shape index (κ2) is 10.9. The fourth-order valence-electron chi connectivity index (χ4n) is 3.85. The Morgan fingerprint density at radius 2 is 1.47 bits per heavy atom. The Morgan fingerprint density at radius 1 is 0.694 bits per heavy atom. The van der Waals surface area contributed by atoms with Gasteiger partial charge in [0.05, 0.1) is 0 Å². The summed E-state index contributed by atoms with van der Waals surface area (Å²) in [7, 11) is 0. The van der Waals surface area contributed by atoms with Crippen molar-refractivity contribution in [3.8, 4) is 0 Å². The molecule has 0 aliphatic rings. The first-order valence-electron chi connectivity index (χ1n) is 11.5. The molecule has 1 heterocycles. The fraction of sp³-hybridized carbons (Fsp3) is 0.0333. The smallest absolute Gasteiger partial charge is 0.255 e. The van der Waals surface area contributed by atoms with Gasteiger partial charge in [0.15, 0.2) is 0 Å². The Bertz CT molecular complexity index is 1510. The molecular formula is C30H23N3O2S. The second-order valence-electron chi connectivity index (χ2n) is 8.16. The first-order valence-corrected chi connectivity index (χ1v) is 12.4. The molecule has 5 aromatic rings. The summed E-state index contributed by atoms with van der Waals surface area (Å²) < 4.78 is 0. The number of amides is 2. The van der Waals surface area contributed by atoms with Gasteiger partial charge in [0.25, 0.3) is 5.91 Å². The Labute approximate surface area is 213 Å². The van der Waals surface area contributed by atoms with Gasteiger partial charge in [-0.05, 0) is 58.8 Å². The van der Waals surface area contributed by atoms with E-state index in [2.05, 4.69) is 15.6 Å². The summed E-state index contributed by atoms with van der Waals surface area (Å²) in [5.41, 5.74) is 2.13. The van der Waals surface area contributed by atoms with Crippen molar-refractivity contribution in [3.05, 3.63) is 133 Å². The molecule has 1 atom stereocenters. The number of aromatic nitrogens is 1. The van der Waals surface area contributed by atoms with E-state index in [1.807, 2.05) is 103 Å². The lowest BCUT2D eigenvalue weighted by Gasteiger charge is -2.17. The van der Waals surface area contributed by atoms with Crippen LogP contribution in [0.4, 0.5) is 11.5 Å². The molecule has 0 fully saturated rings. The van der Waals surface area contributed by atoms with Crippen molar-refractivity contribution in [2.45, 2.75) is 10.1 Å². The van der Waals surface area contributed by atoms with Crippen LogP contribution < -0.4 is 10.6 Å². The zero-order chi connectivity index (χ0) is 24.7. The molecular weight excluding hydrogens is 466 g/mol. The third-order valence-electron chi connectivity index (χ3n) is 5.61. The first-order chi connectivity index (χ1) is 17.7. The molecule has 5 rings (SSSR count). The molecule has 2 N–H and O–H groups in total. The van der Waals surface area contributed by atoms with Gasteiger partial charge in [0.1, 0.15) is 11.1 Å². The lowest BCUT2D eigenvalue weighted by Crippen LogP contribution is -2.19. The van der Waals surface area contributed by atoms with Gasteiger partial charge < -0.3 is 10.6 Å². The molecule has 0 saturated heterocycles. The minimum Gasteiger partial charge on any atom is -0.322 e. The van der Waals surface area contributed by atoms with Crippen molar-refractivity contribution in [2.75, 3.05) is 10.6 Å². The average molecular weight is 490 g/mol. The summed E-state index contributed by atoms with van der Waals surface area (Å²) in [5, 5.41) is 7.48. The van der Waals surface area contributed by atoms with Crippen LogP contribution in [0.15, 0.2) is 126 Å². The van der Waals surface area contributed by atoms with Crippen molar-refractivity contribution in [1.29, 1.82) is 0 Å². The maximum atomic E-state index is 13.2. The third-order valence-corrected chi connectivity index (χ3v) is 6.86. The van der Waals surface area contributed by atoms with E-state index in [4.69, 9.17) is 0 Å². The van der Waals surface area contributed by atoms with E-state index in [0.717, 1.165) is 21.2 Å². The van der Waals surface area contributed by atoms with E-state index in [1.54, 1.807) is 18.3 Å². The van der Waals surface area contributed by atoms with Gasteiger partial charge in [0.2, 0.25) is 5.91 Å². The molecule has 2 amide bonds. The molecule has 4 aromatic carbocycles. The molecule has 1 aromatic heterocycles. The highest BCUT2D eigenvalue weighted by Crippen LogP contribution is 2.37. The second-order valence-corrected chi connectivity index (χ2v) is 9.34. The minimum absolute atomic E-state index is 0.171. The number of carbonyl (C=O) groups is 2. The van der Waals surface area contributed by atoms with Crippen LogP contribution in [0.2, 0.25) is 0 Å². The van der Waals surface area contributed by atoms with Gasteiger partial charge in [-0.3, -0.25) is 9.59 Å². The number of rotatable bonds is 7. The van der Waals surface area contributed by atoms with E-state index in [9.17, 15) is 9.59 Å². The lowest BCUT2D eigenvalue weighted by atomic mass is 10.1. The molecule has 176 valence electrons. The molecule has 0 radical (unpaired) electrons. The van der Waals surface area contributed by atoms with E-state index in [-0.39, 0.29) is 11.8 Å². The van der Waals surface area contributed by atoms with Crippen LogP contribution in [-0.2, 0) is 4.79 Å². The van der Waals surface area contributed by atoms with E-state index in [1.165, 1.54) is 11.8 Å². The largest absolute Gasteiger partial charge is 0.322 e. The van der Waals surface area contributed by atoms with Crippen molar-refractivity contribution < 1.29 is 9.59 Å². The number of pyridine rings is 1. The number of nitrogens with one attached hydrogen (secondary N) is 2. The van der Waals surface area contributed by atoms with Gasteiger partial charge in [-0.1, -0.05) is 72.8 Å². The monoisotopic (exact) mass is 489 g/mol. The molecule has 36 heavy (non-hydrogen) atoms.